The Hall–Kier alpha value is -4.29. The van der Waals surface area contributed by atoms with Crippen LogP contribution in [0.1, 0.15) is 28.7 Å². The van der Waals surface area contributed by atoms with E-state index in [1.165, 1.54) is 12.1 Å². The molecular weight excluding hydrogens is 455 g/mol. The number of carbonyl (C=O) groups is 2. The molecule has 1 fully saturated rings. The number of halogens is 1. The van der Waals surface area contributed by atoms with Gasteiger partial charge in [-0.25, -0.2) is 4.39 Å². The van der Waals surface area contributed by atoms with Gasteiger partial charge in [0.15, 0.2) is 0 Å². The zero-order valence-corrected chi connectivity index (χ0v) is 19.1. The van der Waals surface area contributed by atoms with E-state index in [-0.39, 0.29) is 11.7 Å². The smallest absolute Gasteiger partial charge is 0.317 e. The van der Waals surface area contributed by atoms with E-state index in [2.05, 4.69) is 5.32 Å². The van der Waals surface area contributed by atoms with Gasteiger partial charge in [-0.2, -0.15) is 0 Å². The minimum atomic E-state index is -1.22. The summed E-state index contributed by atoms with van der Waals surface area (Å²) in [5.74, 6) is -1.66. The second-order valence-corrected chi connectivity index (χ2v) is 9.44. The maximum absolute atomic E-state index is 14.6. The highest BCUT2D eigenvalue weighted by atomic mass is 19.1. The van der Waals surface area contributed by atoms with E-state index in [0.29, 0.717) is 5.75 Å². The third-order valence-corrected chi connectivity index (χ3v) is 7.66. The molecule has 0 saturated carbocycles. The largest absolute Gasteiger partial charge is 0.426 e. The lowest BCUT2D eigenvalue weighted by molar-refractivity contribution is -0.141. The predicted octanol–water partition coefficient (Wildman–Crippen LogP) is 5.36. The van der Waals surface area contributed by atoms with Crippen molar-refractivity contribution in [2.75, 3.05) is 4.90 Å². The van der Waals surface area contributed by atoms with Crippen molar-refractivity contribution in [2.45, 2.75) is 17.5 Å². The Bertz CT molecular complexity index is 1520. The van der Waals surface area contributed by atoms with Crippen LogP contribution in [0.2, 0.25) is 0 Å². The van der Waals surface area contributed by atoms with E-state index in [9.17, 15) is 14.0 Å². The molecule has 4 aromatic carbocycles. The molecule has 7 rings (SSSR count). The molecule has 4 aromatic rings. The number of esters is 1. The lowest BCUT2D eigenvalue weighted by atomic mass is 9.70. The first-order chi connectivity index (χ1) is 17.6. The molecule has 0 unspecified atom stereocenters. The van der Waals surface area contributed by atoms with Crippen molar-refractivity contribution >= 4 is 23.3 Å². The molecule has 0 radical (unpaired) electrons. The molecule has 0 aromatic heterocycles. The summed E-state index contributed by atoms with van der Waals surface area (Å²) in [5, 5.41) is 3.61. The number of benzene rings is 4. The van der Waals surface area contributed by atoms with Gasteiger partial charge in [0.05, 0.1) is 11.6 Å². The van der Waals surface area contributed by atoms with E-state index in [4.69, 9.17) is 4.74 Å². The van der Waals surface area contributed by atoms with Crippen molar-refractivity contribution in [3.8, 4) is 5.75 Å². The van der Waals surface area contributed by atoms with Gasteiger partial charge in [-0.1, -0.05) is 66.7 Å². The van der Waals surface area contributed by atoms with Crippen LogP contribution in [0, 0.1) is 11.7 Å². The van der Waals surface area contributed by atoms with Gasteiger partial charge in [0.25, 0.3) is 5.91 Å². The highest BCUT2D eigenvalue weighted by molar-refractivity contribution is 6.14. The van der Waals surface area contributed by atoms with Crippen molar-refractivity contribution < 1.29 is 18.7 Å². The van der Waals surface area contributed by atoms with Gasteiger partial charge in [-0.05, 0) is 42.0 Å². The second-order valence-electron chi connectivity index (χ2n) is 9.44. The number of hydrogen-bond acceptors (Lipinski definition) is 4. The number of fused-ring (bicyclic) bond motifs is 6. The normalized spacial score (nSPS) is 25.9. The standard InChI is InChI=1S/C30H21FN2O3/c31-19-16-14-18(15-17-19)27-25-26(21-10-4-7-13-24(21)36-28(25)34)30(32-27)22-11-5-6-12-23(22)33(29(30)35)20-8-2-1-3-9-20/h1-17,25-27,32H/t25-,26+,27+,30-/m0/s1. The molecule has 5 nitrogen and oxygen atoms in total. The van der Waals surface area contributed by atoms with E-state index >= 15 is 0 Å². The van der Waals surface area contributed by atoms with Gasteiger partial charge < -0.3 is 4.74 Å². The zero-order valence-electron chi connectivity index (χ0n) is 19.1. The van der Waals surface area contributed by atoms with Crippen LogP contribution in [-0.2, 0) is 15.1 Å². The van der Waals surface area contributed by atoms with Crippen LogP contribution in [0.5, 0.6) is 5.75 Å². The number of hydrogen-bond donors (Lipinski definition) is 1. The molecule has 4 atom stereocenters. The molecule has 0 aliphatic carbocycles. The number of ether oxygens (including phenoxy) is 1. The molecule has 1 spiro atoms. The predicted molar refractivity (Wildman–Crippen MR) is 132 cm³/mol. The Labute approximate surface area is 207 Å². The lowest BCUT2D eigenvalue weighted by Gasteiger charge is -2.35. The molecule has 6 heteroatoms. The van der Waals surface area contributed by atoms with Gasteiger partial charge in [0.2, 0.25) is 0 Å². The highest BCUT2D eigenvalue weighted by Crippen LogP contribution is 2.62. The first-order valence-electron chi connectivity index (χ1n) is 11.9. The summed E-state index contributed by atoms with van der Waals surface area (Å²) in [6, 6.07) is 30.2. The molecular formula is C30H21FN2O3. The molecule has 3 heterocycles. The van der Waals surface area contributed by atoms with Crippen LogP contribution in [0.4, 0.5) is 15.8 Å². The fraction of sp³-hybridized carbons (Fsp3) is 0.133. The summed E-state index contributed by atoms with van der Waals surface area (Å²) >= 11 is 0. The molecule has 3 aliphatic heterocycles. The van der Waals surface area contributed by atoms with Crippen molar-refractivity contribution in [1.29, 1.82) is 0 Å². The number of amides is 1. The van der Waals surface area contributed by atoms with Gasteiger partial charge in [0, 0.05) is 28.8 Å². The van der Waals surface area contributed by atoms with Gasteiger partial charge in [-0.15, -0.1) is 0 Å². The number of anilines is 2. The average molecular weight is 477 g/mol. The first kappa shape index (κ1) is 21.0. The third-order valence-electron chi connectivity index (χ3n) is 7.66. The van der Waals surface area contributed by atoms with E-state index < -0.39 is 29.4 Å². The number of para-hydroxylation sites is 3. The topological polar surface area (TPSA) is 58.6 Å². The molecule has 0 bridgehead atoms. The van der Waals surface area contributed by atoms with Gasteiger partial charge in [-0.3, -0.25) is 19.8 Å². The van der Waals surface area contributed by atoms with Crippen LogP contribution in [0.3, 0.4) is 0 Å². The SMILES string of the molecule is O=C1Oc2ccccc2[C@@H]2[C@H]1[C@@H](c1ccc(F)cc1)N[C@]21C(=O)N(c2ccccc2)c2ccccc21. The van der Waals surface area contributed by atoms with Crippen LogP contribution < -0.4 is 15.0 Å². The second kappa shape index (κ2) is 7.60. The van der Waals surface area contributed by atoms with Crippen molar-refractivity contribution in [1.82, 2.24) is 5.32 Å². The maximum Gasteiger partial charge on any atom is 0.317 e. The van der Waals surface area contributed by atoms with Crippen molar-refractivity contribution in [2.24, 2.45) is 5.92 Å². The summed E-state index contributed by atoms with van der Waals surface area (Å²) in [5.41, 5.74) is 2.65. The monoisotopic (exact) mass is 476 g/mol. The van der Waals surface area contributed by atoms with E-state index in [1.54, 1.807) is 23.1 Å². The van der Waals surface area contributed by atoms with Crippen LogP contribution >= 0.6 is 0 Å². The molecule has 176 valence electrons. The fourth-order valence-corrected chi connectivity index (χ4v) is 6.23. The molecule has 1 saturated heterocycles. The summed E-state index contributed by atoms with van der Waals surface area (Å²) in [4.78, 5) is 29.9. The maximum atomic E-state index is 14.6. The van der Waals surface area contributed by atoms with Gasteiger partial charge in [0.1, 0.15) is 17.1 Å². The first-order valence-corrected chi connectivity index (χ1v) is 11.9. The minimum Gasteiger partial charge on any atom is -0.426 e. The summed E-state index contributed by atoms with van der Waals surface area (Å²) < 4.78 is 19.6. The van der Waals surface area contributed by atoms with Crippen molar-refractivity contribution in [3.63, 3.8) is 0 Å². The summed E-state index contributed by atoms with van der Waals surface area (Å²) in [6.07, 6.45) is 0. The van der Waals surface area contributed by atoms with Crippen molar-refractivity contribution in [3.05, 3.63) is 126 Å². The highest BCUT2D eigenvalue weighted by Gasteiger charge is 2.67. The molecule has 1 amide bonds. The van der Waals surface area contributed by atoms with E-state index in [1.807, 2.05) is 72.8 Å². The zero-order chi connectivity index (χ0) is 24.4. The number of nitrogens with one attached hydrogen (secondary N) is 1. The Morgan fingerprint density at radius 1 is 0.806 bits per heavy atom. The Morgan fingerprint density at radius 2 is 1.50 bits per heavy atom. The minimum absolute atomic E-state index is 0.154. The van der Waals surface area contributed by atoms with Crippen LogP contribution in [-0.4, -0.2) is 11.9 Å². The fourth-order valence-electron chi connectivity index (χ4n) is 6.23. The number of carbonyl (C=O) groups excluding carboxylic acids is 2. The quantitative estimate of drug-likeness (QED) is 0.313. The number of rotatable bonds is 2. The van der Waals surface area contributed by atoms with Crippen LogP contribution in [0.25, 0.3) is 0 Å². The molecule has 1 N–H and O–H groups in total. The Kier molecular flexibility index (Phi) is 4.44. The third kappa shape index (κ3) is 2.73. The average Bonchev–Trinajstić information content (AvgIpc) is 3.40. The lowest BCUT2D eigenvalue weighted by Crippen LogP contribution is -2.50. The molecule has 3 aliphatic rings. The number of nitrogens with zero attached hydrogens (tertiary/aromatic N) is 1. The Balaban J connectivity index is 1.50. The summed E-state index contributed by atoms with van der Waals surface area (Å²) in [6.45, 7) is 0. The van der Waals surface area contributed by atoms with Crippen LogP contribution in [0.15, 0.2) is 103 Å². The van der Waals surface area contributed by atoms with E-state index in [0.717, 1.165) is 28.1 Å². The summed E-state index contributed by atoms with van der Waals surface area (Å²) in [7, 11) is 0. The van der Waals surface area contributed by atoms with Gasteiger partial charge >= 0.3 is 5.97 Å². The molecule has 36 heavy (non-hydrogen) atoms. The Morgan fingerprint density at radius 3 is 2.31 bits per heavy atom.